The number of hydrogen-bond donors (Lipinski definition) is 0. The molecule has 0 atom stereocenters. The minimum Gasteiger partial charge on any atom is -0.494 e. The lowest BCUT2D eigenvalue weighted by atomic mass is 9.93. The van der Waals surface area contributed by atoms with Crippen LogP contribution in [0.4, 0.5) is 5.69 Å². The quantitative estimate of drug-likeness (QED) is 0.116. The summed E-state index contributed by atoms with van der Waals surface area (Å²) in [7, 11) is -1.73. The first-order chi connectivity index (χ1) is 19.4. The van der Waals surface area contributed by atoms with E-state index in [0.717, 1.165) is 54.1 Å². The fourth-order valence-electron chi connectivity index (χ4n) is 4.63. The van der Waals surface area contributed by atoms with Crippen molar-refractivity contribution in [1.29, 1.82) is 0 Å². The Hall–Kier alpha value is -3.09. The fraction of sp³-hybridized carbons (Fsp3) is 0.457. The molecule has 41 heavy (non-hydrogen) atoms. The first kappa shape index (κ1) is 32.4. The van der Waals surface area contributed by atoms with Gasteiger partial charge in [0.25, 0.3) is 0 Å². The standard InChI is InChI=1S/C35H49NO4Si/c1-10-36(11-2)33-21-17-29(24-26(33)4)32-25-28(16-20-31(32)34(37)38-12-3)27-14-18-30(19-15-27)39-22-13-23-40-41(8,9)35(5,6)7/h14-21,24-25H,10-13,22-23H2,1-9H3. The normalized spacial score (nSPS) is 11.8. The molecule has 0 saturated heterocycles. The molecule has 3 rings (SSSR count). The van der Waals surface area contributed by atoms with Crippen LogP contribution in [0.3, 0.4) is 0 Å². The average molecular weight is 576 g/mol. The molecule has 0 saturated carbocycles. The van der Waals surface area contributed by atoms with E-state index in [1.54, 1.807) is 0 Å². The molecule has 0 spiro atoms. The van der Waals surface area contributed by atoms with Crippen molar-refractivity contribution >= 4 is 20.0 Å². The molecule has 0 N–H and O–H groups in total. The van der Waals surface area contributed by atoms with E-state index in [-0.39, 0.29) is 11.0 Å². The number of hydrogen-bond acceptors (Lipinski definition) is 5. The van der Waals surface area contributed by atoms with E-state index in [0.29, 0.717) is 18.8 Å². The Morgan fingerprint density at radius 2 is 1.46 bits per heavy atom. The number of rotatable bonds is 13. The number of benzene rings is 3. The van der Waals surface area contributed by atoms with Gasteiger partial charge in [0.2, 0.25) is 0 Å². The number of anilines is 1. The highest BCUT2D eigenvalue weighted by Crippen LogP contribution is 2.37. The largest absolute Gasteiger partial charge is 0.494 e. The van der Waals surface area contributed by atoms with E-state index in [4.69, 9.17) is 13.9 Å². The first-order valence-corrected chi connectivity index (χ1v) is 17.9. The predicted octanol–water partition coefficient (Wildman–Crippen LogP) is 9.14. The molecule has 0 aliphatic heterocycles. The Labute approximate surface area is 249 Å². The Kier molecular flexibility index (Phi) is 11.2. The lowest BCUT2D eigenvalue weighted by Crippen LogP contribution is -2.41. The van der Waals surface area contributed by atoms with Crippen LogP contribution in [0, 0.1) is 6.92 Å². The summed E-state index contributed by atoms with van der Waals surface area (Å²) in [5.74, 6) is 0.535. The van der Waals surface area contributed by atoms with Crippen molar-refractivity contribution in [3.8, 4) is 28.0 Å². The third kappa shape index (κ3) is 8.23. The molecule has 0 unspecified atom stereocenters. The van der Waals surface area contributed by atoms with E-state index in [2.05, 4.69) is 95.9 Å². The zero-order valence-corrected chi connectivity index (χ0v) is 27.6. The van der Waals surface area contributed by atoms with Gasteiger partial charge in [0, 0.05) is 31.8 Å². The van der Waals surface area contributed by atoms with Gasteiger partial charge in [0.05, 0.1) is 18.8 Å². The third-order valence-corrected chi connectivity index (χ3v) is 12.7. The number of carbonyl (C=O) groups excluding carboxylic acids is 1. The van der Waals surface area contributed by atoms with E-state index in [1.807, 2.05) is 31.2 Å². The van der Waals surface area contributed by atoms with Crippen molar-refractivity contribution in [3.05, 3.63) is 71.8 Å². The summed E-state index contributed by atoms with van der Waals surface area (Å²) in [6, 6.07) is 20.5. The second-order valence-electron chi connectivity index (χ2n) is 12.0. The number of esters is 1. The van der Waals surface area contributed by atoms with Crippen LogP contribution in [0.5, 0.6) is 5.75 Å². The Morgan fingerprint density at radius 3 is 2.05 bits per heavy atom. The third-order valence-electron chi connectivity index (χ3n) is 8.14. The highest BCUT2D eigenvalue weighted by atomic mass is 28.4. The maximum atomic E-state index is 12.9. The van der Waals surface area contributed by atoms with Crippen LogP contribution in [0.25, 0.3) is 22.3 Å². The van der Waals surface area contributed by atoms with Crippen molar-refractivity contribution in [1.82, 2.24) is 0 Å². The van der Waals surface area contributed by atoms with Crippen LogP contribution in [0.1, 0.15) is 63.9 Å². The molecule has 0 radical (unpaired) electrons. The van der Waals surface area contributed by atoms with Gasteiger partial charge in [-0.2, -0.15) is 0 Å². The monoisotopic (exact) mass is 575 g/mol. The molecule has 0 aliphatic rings. The molecule has 0 aliphatic carbocycles. The van der Waals surface area contributed by atoms with Gasteiger partial charge >= 0.3 is 5.97 Å². The van der Waals surface area contributed by atoms with Gasteiger partial charge in [0.15, 0.2) is 8.32 Å². The van der Waals surface area contributed by atoms with E-state index < -0.39 is 8.32 Å². The Balaban J connectivity index is 1.78. The van der Waals surface area contributed by atoms with Crippen LogP contribution in [0.2, 0.25) is 18.1 Å². The predicted molar refractivity (Wildman–Crippen MR) is 175 cm³/mol. The summed E-state index contributed by atoms with van der Waals surface area (Å²) in [5, 5.41) is 0.214. The molecule has 6 heteroatoms. The fourth-order valence-corrected chi connectivity index (χ4v) is 5.72. The van der Waals surface area contributed by atoms with Crippen LogP contribution in [-0.2, 0) is 9.16 Å². The number of aryl methyl sites for hydroxylation is 1. The Morgan fingerprint density at radius 1 is 0.829 bits per heavy atom. The van der Waals surface area contributed by atoms with Crippen molar-refractivity contribution in [2.24, 2.45) is 0 Å². The molecular formula is C35H49NO4Si. The second kappa shape index (κ2) is 14.2. The number of nitrogens with zero attached hydrogens (tertiary/aromatic N) is 1. The van der Waals surface area contributed by atoms with Gasteiger partial charge in [0.1, 0.15) is 5.75 Å². The molecule has 0 fully saturated rings. The average Bonchev–Trinajstić information content (AvgIpc) is 2.94. The topological polar surface area (TPSA) is 48.0 Å². The highest BCUT2D eigenvalue weighted by molar-refractivity contribution is 6.74. The highest BCUT2D eigenvalue weighted by Gasteiger charge is 2.36. The molecule has 5 nitrogen and oxygen atoms in total. The van der Waals surface area contributed by atoms with Crippen molar-refractivity contribution in [2.75, 3.05) is 37.8 Å². The van der Waals surface area contributed by atoms with Gasteiger partial charge in [-0.3, -0.25) is 0 Å². The summed E-state index contributed by atoms with van der Waals surface area (Å²) in [6.45, 7) is 23.2. The number of ether oxygens (including phenoxy) is 2. The maximum Gasteiger partial charge on any atom is 0.338 e. The van der Waals surface area contributed by atoms with Crippen LogP contribution >= 0.6 is 0 Å². The Bertz CT molecular complexity index is 1290. The van der Waals surface area contributed by atoms with Crippen molar-refractivity contribution < 1.29 is 18.7 Å². The summed E-state index contributed by atoms with van der Waals surface area (Å²) < 4.78 is 17.7. The zero-order valence-electron chi connectivity index (χ0n) is 26.6. The minimum absolute atomic E-state index is 0.214. The van der Waals surface area contributed by atoms with E-state index in [1.165, 1.54) is 11.3 Å². The lowest BCUT2D eigenvalue weighted by molar-refractivity contribution is 0.0527. The molecule has 3 aromatic carbocycles. The van der Waals surface area contributed by atoms with Gasteiger partial charge < -0.3 is 18.8 Å². The summed E-state index contributed by atoms with van der Waals surface area (Å²) >= 11 is 0. The SMILES string of the molecule is CCOC(=O)c1ccc(-c2ccc(OCCCO[Si](C)(C)C(C)(C)C)cc2)cc1-c1ccc(N(CC)CC)c(C)c1. The van der Waals surface area contributed by atoms with Crippen LogP contribution in [0.15, 0.2) is 60.7 Å². The molecule has 0 aromatic heterocycles. The van der Waals surface area contributed by atoms with Crippen LogP contribution < -0.4 is 9.64 Å². The molecule has 222 valence electrons. The van der Waals surface area contributed by atoms with Gasteiger partial charge in [-0.05, 0) is 110 Å². The molecule has 0 bridgehead atoms. The maximum absolute atomic E-state index is 12.9. The first-order valence-electron chi connectivity index (χ1n) is 15.0. The number of carbonyl (C=O) groups is 1. The smallest absolute Gasteiger partial charge is 0.338 e. The van der Waals surface area contributed by atoms with Gasteiger partial charge in [-0.1, -0.05) is 45.0 Å². The molecule has 0 amide bonds. The lowest BCUT2D eigenvalue weighted by Gasteiger charge is -2.36. The summed E-state index contributed by atoms with van der Waals surface area (Å²) in [6.07, 6.45) is 0.861. The second-order valence-corrected chi connectivity index (χ2v) is 16.8. The molecule has 3 aromatic rings. The van der Waals surface area contributed by atoms with E-state index in [9.17, 15) is 4.79 Å². The zero-order chi connectivity index (χ0) is 30.2. The molecular weight excluding hydrogens is 526 g/mol. The van der Waals surface area contributed by atoms with Crippen LogP contribution in [-0.4, -0.2) is 47.2 Å². The van der Waals surface area contributed by atoms with E-state index >= 15 is 0 Å². The van der Waals surface area contributed by atoms with Gasteiger partial charge in [-0.15, -0.1) is 0 Å². The van der Waals surface area contributed by atoms with Crippen molar-refractivity contribution in [3.63, 3.8) is 0 Å². The summed E-state index contributed by atoms with van der Waals surface area (Å²) in [4.78, 5) is 15.2. The molecule has 0 heterocycles. The van der Waals surface area contributed by atoms with Gasteiger partial charge in [-0.25, -0.2) is 4.79 Å². The minimum atomic E-state index is -1.73. The van der Waals surface area contributed by atoms with Crippen molar-refractivity contribution in [2.45, 2.75) is 73.0 Å². The summed E-state index contributed by atoms with van der Waals surface area (Å²) in [5.41, 5.74) is 6.95.